The van der Waals surface area contributed by atoms with Crippen molar-refractivity contribution in [3.8, 4) is 5.75 Å². The van der Waals surface area contributed by atoms with Crippen LogP contribution in [0.4, 0.5) is 0 Å². The zero-order chi connectivity index (χ0) is 13.2. The van der Waals surface area contributed by atoms with Crippen LogP contribution in [0.15, 0.2) is 18.2 Å². The molecule has 0 saturated carbocycles. The van der Waals surface area contributed by atoms with Gasteiger partial charge >= 0.3 is 0 Å². The molecule has 18 heavy (non-hydrogen) atoms. The minimum atomic E-state index is -0.384. The van der Waals surface area contributed by atoms with Gasteiger partial charge in [-0.3, -0.25) is 5.84 Å². The van der Waals surface area contributed by atoms with Crippen LogP contribution in [0.2, 0.25) is 0 Å². The van der Waals surface area contributed by atoms with E-state index in [4.69, 9.17) is 15.3 Å². The zero-order valence-corrected chi connectivity index (χ0v) is 11.3. The molecular formula is C14H22N2O2. The SMILES string of the molecule is CCOC(C)(C)C(NN)c1cccc2c1OCC2. The van der Waals surface area contributed by atoms with Gasteiger partial charge in [-0.15, -0.1) is 0 Å². The standard InChI is InChI=1S/C14H22N2O2/c1-4-18-14(2,3)13(16-15)11-7-5-6-10-8-9-17-12(10)11/h5-7,13,16H,4,8-9,15H2,1-3H3. The third kappa shape index (κ3) is 2.36. The molecule has 0 spiro atoms. The van der Waals surface area contributed by atoms with E-state index in [-0.39, 0.29) is 11.6 Å². The first-order chi connectivity index (χ1) is 8.60. The summed E-state index contributed by atoms with van der Waals surface area (Å²) in [5.74, 6) is 6.70. The Hall–Kier alpha value is -1.10. The fourth-order valence-electron chi connectivity index (χ4n) is 2.59. The molecule has 4 nitrogen and oxygen atoms in total. The van der Waals surface area contributed by atoms with Crippen LogP contribution in [0.25, 0.3) is 0 Å². The first-order valence-electron chi connectivity index (χ1n) is 6.44. The lowest BCUT2D eigenvalue weighted by Gasteiger charge is -2.34. The van der Waals surface area contributed by atoms with Crippen LogP contribution in [0.3, 0.4) is 0 Å². The molecule has 3 N–H and O–H groups in total. The molecule has 1 unspecified atom stereocenters. The second-order valence-electron chi connectivity index (χ2n) is 5.07. The summed E-state index contributed by atoms with van der Waals surface area (Å²) in [5, 5.41) is 0. The normalized spacial score (nSPS) is 16.2. The van der Waals surface area contributed by atoms with Gasteiger partial charge in [-0.05, 0) is 26.3 Å². The first kappa shape index (κ1) is 13.3. The number of fused-ring (bicyclic) bond motifs is 1. The van der Waals surface area contributed by atoms with Crippen LogP contribution in [0.5, 0.6) is 5.75 Å². The van der Waals surface area contributed by atoms with E-state index >= 15 is 0 Å². The molecule has 2 rings (SSSR count). The van der Waals surface area contributed by atoms with Crippen LogP contribution < -0.4 is 16.0 Å². The van der Waals surface area contributed by atoms with Gasteiger partial charge in [-0.1, -0.05) is 18.2 Å². The predicted molar refractivity (Wildman–Crippen MR) is 71.4 cm³/mol. The first-order valence-corrected chi connectivity index (χ1v) is 6.44. The lowest BCUT2D eigenvalue weighted by molar-refractivity contribution is -0.0397. The van der Waals surface area contributed by atoms with Crippen LogP contribution in [0.1, 0.15) is 37.9 Å². The molecule has 0 amide bonds. The lowest BCUT2D eigenvalue weighted by Crippen LogP contribution is -2.44. The minimum Gasteiger partial charge on any atom is -0.493 e. The molecule has 1 atom stereocenters. The number of para-hydroxylation sites is 1. The molecular weight excluding hydrogens is 228 g/mol. The van der Waals surface area contributed by atoms with E-state index < -0.39 is 0 Å². The molecule has 0 bridgehead atoms. The van der Waals surface area contributed by atoms with Gasteiger partial charge in [0.15, 0.2) is 0 Å². The highest BCUT2D eigenvalue weighted by Gasteiger charge is 2.34. The van der Waals surface area contributed by atoms with E-state index in [2.05, 4.69) is 23.6 Å². The van der Waals surface area contributed by atoms with Gasteiger partial charge in [-0.2, -0.15) is 0 Å². The summed E-state index contributed by atoms with van der Waals surface area (Å²) >= 11 is 0. The second-order valence-corrected chi connectivity index (χ2v) is 5.07. The van der Waals surface area contributed by atoms with Crippen LogP contribution in [0, 0.1) is 0 Å². The number of hydrazine groups is 1. The Morgan fingerprint density at radius 3 is 2.94 bits per heavy atom. The molecule has 0 saturated heterocycles. The summed E-state index contributed by atoms with van der Waals surface area (Å²) in [6, 6.07) is 6.11. The number of hydrogen-bond acceptors (Lipinski definition) is 4. The van der Waals surface area contributed by atoms with Crippen molar-refractivity contribution in [1.82, 2.24) is 5.43 Å². The Balaban J connectivity index is 2.37. The van der Waals surface area contributed by atoms with Gasteiger partial charge < -0.3 is 9.47 Å². The minimum absolute atomic E-state index is 0.0921. The fourth-order valence-corrected chi connectivity index (χ4v) is 2.59. The Morgan fingerprint density at radius 2 is 2.28 bits per heavy atom. The summed E-state index contributed by atoms with van der Waals surface area (Å²) in [6.07, 6.45) is 0.968. The summed E-state index contributed by atoms with van der Waals surface area (Å²) in [4.78, 5) is 0. The molecule has 1 aliphatic rings. The van der Waals surface area contributed by atoms with E-state index in [1.54, 1.807) is 0 Å². The van der Waals surface area contributed by atoms with Crippen molar-refractivity contribution in [2.45, 2.75) is 38.8 Å². The van der Waals surface area contributed by atoms with Crippen molar-refractivity contribution < 1.29 is 9.47 Å². The van der Waals surface area contributed by atoms with E-state index in [1.807, 2.05) is 20.8 Å². The average Bonchev–Trinajstić information content (AvgIpc) is 2.78. The third-order valence-corrected chi connectivity index (χ3v) is 3.43. The molecule has 0 aromatic heterocycles. The van der Waals surface area contributed by atoms with Crippen LogP contribution in [-0.2, 0) is 11.2 Å². The largest absolute Gasteiger partial charge is 0.493 e. The molecule has 100 valence electrons. The Labute approximate surface area is 108 Å². The number of ether oxygens (including phenoxy) is 2. The van der Waals surface area contributed by atoms with E-state index in [0.29, 0.717) is 6.61 Å². The topological polar surface area (TPSA) is 56.5 Å². The highest BCUT2D eigenvalue weighted by molar-refractivity contribution is 5.46. The van der Waals surface area contributed by atoms with Crippen molar-refractivity contribution in [2.24, 2.45) is 5.84 Å². The highest BCUT2D eigenvalue weighted by atomic mass is 16.5. The van der Waals surface area contributed by atoms with Gasteiger partial charge in [-0.25, -0.2) is 5.43 Å². The molecule has 4 heteroatoms. The van der Waals surface area contributed by atoms with E-state index in [9.17, 15) is 0 Å². The molecule has 1 aromatic carbocycles. The summed E-state index contributed by atoms with van der Waals surface area (Å²) in [5.41, 5.74) is 4.81. The lowest BCUT2D eigenvalue weighted by atomic mass is 9.90. The quantitative estimate of drug-likeness (QED) is 0.619. The summed E-state index contributed by atoms with van der Waals surface area (Å²) in [7, 11) is 0. The van der Waals surface area contributed by atoms with Crippen molar-refractivity contribution in [3.63, 3.8) is 0 Å². The molecule has 1 aromatic rings. The number of hydrogen-bond donors (Lipinski definition) is 2. The molecule has 1 aliphatic heterocycles. The number of nitrogens with one attached hydrogen (secondary N) is 1. The summed E-state index contributed by atoms with van der Waals surface area (Å²) in [6.45, 7) is 7.46. The molecule has 0 radical (unpaired) electrons. The Bertz CT molecular complexity index is 418. The summed E-state index contributed by atoms with van der Waals surface area (Å²) < 4.78 is 11.5. The van der Waals surface area contributed by atoms with Crippen LogP contribution in [-0.4, -0.2) is 18.8 Å². The van der Waals surface area contributed by atoms with Gasteiger partial charge in [0.05, 0.1) is 18.2 Å². The number of nitrogens with two attached hydrogens (primary N) is 1. The molecule has 0 aliphatic carbocycles. The van der Waals surface area contributed by atoms with Crippen molar-refractivity contribution >= 4 is 0 Å². The van der Waals surface area contributed by atoms with Gasteiger partial charge in [0.2, 0.25) is 0 Å². The molecule has 1 heterocycles. The number of rotatable bonds is 5. The highest BCUT2D eigenvalue weighted by Crippen LogP contribution is 2.38. The maximum Gasteiger partial charge on any atom is 0.127 e. The van der Waals surface area contributed by atoms with E-state index in [0.717, 1.165) is 24.3 Å². The van der Waals surface area contributed by atoms with Crippen LogP contribution >= 0.6 is 0 Å². The third-order valence-electron chi connectivity index (χ3n) is 3.43. The average molecular weight is 250 g/mol. The predicted octanol–water partition coefficient (Wildman–Crippen LogP) is 1.94. The fraction of sp³-hybridized carbons (Fsp3) is 0.571. The smallest absolute Gasteiger partial charge is 0.127 e. The van der Waals surface area contributed by atoms with Crippen molar-refractivity contribution in [1.29, 1.82) is 0 Å². The maximum atomic E-state index is 5.80. The van der Waals surface area contributed by atoms with Gasteiger partial charge in [0.25, 0.3) is 0 Å². The Morgan fingerprint density at radius 1 is 1.50 bits per heavy atom. The molecule has 0 fully saturated rings. The second kappa shape index (κ2) is 5.26. The van der Waals surface area contributed by atoms with E-state index in [1.165, 1.54) is 5.56 Å². The number of benzene rings is 1. The van der Waals surface area contributed by atoms with Crippen molar-refractivity contribution in [2.75, 3.05) is 13.2 Å². The Kier molecular flexibility index (Phi) is 3.90. The zero-order valence-electron chi connectivity index (χ0n) is 11.3. The van der Waals surface area contributed by atoms with Gasteiger partial charge in [0, 0.05) is 18.6 Å². The monoisotopic (exact) mass is 250 g/mol. The van der Waals surface area contributed by atoms with Crippen molar-refractivity contribution in [3.05, 3.63) is 29.3 Å². The van der Waals surface area contributed by atoms with Gasteiger partial charge in [0.1, 0.15) is 5.75 Å². The maximum absolute atomic E-state index is 5.80.